The molecule has 0 saturated carbocycles. The Morgan fingerprint density at radius 2 is 1.83 bits per heavy atom. The number of anilines is 1. The van der Waals surface area contributed by atoms with E-state index in [1.165, 1.54) is 16.7 Å². The van der Waals surface area contributed by atoms with E-state index in [2.05, 4.69) is 67.1 Å². The number of aryl methyl sites for hydroxylation is 1. The van der Waals surface area contributed by atoms with Crippen LogP contribution in [0, 0.1) is 0 Å². The van der Waals surface area contributed by atoms with Crippen molar-refractivity contribution in [3.8, 4) is 0 Å². The first kappa shape index (κ1) is 22.7. The Hall–Kier alpha value is -2.59. The van der Waals surface area contributed by atoms with E-state index in [1.807, 2.05) is 25.1 Å². The first-order valence-electron chi connectivity index (χ1n) is 10.1. The normalized spacial score (nSPS) is 13.1. The molecule has 29 heavy (non-hydrogen) atoms. The van der Waals surface area contributed by atoms with Gasteiger partial charge >= 0.3 is 0 Å². The molecule has 0 amide bonds. The van der Waals surface area contributed by atoms with Gasteiger partial charge in [-0.25, -0.2) is 8.42 Å². The fraction of sp³-hybridized carbons (Fsp3) is 0.280. The monoisotopic (exact) mass is 409 g/mol. The van der Waals surface area contributed by atoms with Crippen LogP contribution in [0.2, 0.25) is 0 Å². The van der Waals surface area contributed by atoms with Crippen LogP contribution < -0.4 is 4.72 Å². The van der Waals surface area contributed by atoms with Gasteiger partial charge in [0.25, 0.3) is 0 Å². The van der Waals surface area contributed by atoms with Crippen molar-refractivity contribution in [1.82, 2.24) is 0 Å². The van der Waals surface area contributed by atoms with Gasteiger partial charge in [-0.05, 0) is 65.8 Å². The molecular weight excluding hydrogens is 378 g/mol. The second-order valence-electron chi connectivity index (χ2n) is 7.03. The molecule has 0 spiro atoms. The zero-order valence-electron chi connectivity index (χ0n) is 17.8. The average Bonchev–Trinajstić information content (AvgIpc) is 2.66. The third kappa shape index (κ3) is 7.06. The van der Waals surface area contributed by atoms with E-state index < -0.39 is 10.0 Å². The lowest BCUT2D eigenvalue weighted by Crippen LogP contribution is -2.09. The van der Waals surface area contributed by atoms with Crippen LogP contribution in [0.15, 0.2) is 72.3 Å². The van der Waals surface area contributed by atoms with Crippen LogP contribution in [0.5, 0.6) is 0 Å². The molecule has 2 aromatic carbocycles. The number of nitrogens with one attached hydrogen (secondary N) is 1. The van der Waals surface area contributed by atoms with Gasteiger partial charge in [-0.1, -0.05) is 74.9 Å². The second-order valence-corrected chi connectivity index (χ2v) is 8.78. The molecule has 0 aromatic heterocycles. The van der Waals surface area contributed by atoms with E-state index in [9.17, 15) is 8.42 Å². The summed E-state index contributed by atoms with van der Waals surface area (Å²) >= 11 is 0. The van der Waals surface area contributed by atoms with E-state index >= 15 is 0 Å². The topological polar surface area (TPSA) is 46.2 Å². The molecule has 2 aromatic rings. The summed E-state index contributed by atoms with van der Waals surface area (Å²) in [7, 11) is -3.32. The van der Waals surface area contributed by atoms with Crippen molar-refractivity contribution in [2.45, 2.75) is 40.0 Å². The molecule has 0 bridgehead atoms. The maximum atomic E-state index is 11.6. The summed E-state index contributed by atoms with van der Waals surface area (Å²) in [4.78, 5) is 0. The van der Waals surface area contributed by atoms with Crippen LogP contribution >= 0.6 is 0 Å². The Morgan fingerprint density at radius 3 is 2.48 bits per heavy atom. The Labute approximate surface area is 175 Å². The largest absolute Gasteiger partial charge is 0.284 e. The minimum Gasteiger partial charge on any atom is -0.284 e. The Bertz CT molecular complexity index is 1010. The highest BCUT2D eigenvalue weighted by atomic mass is 32.2. The molecule has 0 aliphatic carbocycles. The number of hydrogen-bond acceptors (Lipinski definition) is 2. The number of hydrogen-bond donors (Lipinski definition) is 1. The van der Waals surface area contributed by atoms with Crippen molar-refractivity contribution in [3.63, 3.8) is 0 Å². The molecule has 0 atom stereocenters. The van der Waals surface area contributed by atoms with Gasteiger partial charge in [-0.15, -0.1) is 0 Å². The SMILES string of the molecule is C\C=C/C(=C\CC)C(=C\c1cccc(NS(C)(=O)=O)c1)/c1ccccc1CCC. The van der Waals surface area contributed by atoms with Crippen molar-refractivity contribution >= 4 is 27.4 Å². The Morgan fingerprint density at radius 1 is 1.07 bits per heavy atom. The standard InChI is InChI=1S/C25H31NO2S/c1-5-11-21(12-6-2)25(24-17-9-8-15-22(24)13-7-3)19-20-14-10-16-23(18-20)26-29(4,27)28/h5,8-12,14-19,26H,6-7,13H2,1-4H3/b11-5-,21-12+,25-19+. The number of benzene rings is 2. The van der Waals surface area contributed by atoms with E-state index in [-0.39, 0.29) is 0 Å². The lowest BCUT2D eigenvalue weighted by atomic mass is 9.89. The first-order chi connectivity index (χ1) is 13.9. The molecular formula is C25H31NO2S. The highest BCUT2D eigenvalue weighted by Crippen LogP contribution is 2.31. The van der Waals surface area contributed by atoms with Crippen molar-refractivity contribution in [3.05, 3.63) is 89.0 Å². The Balaban J connectivity index is 2.66. The van der Waals surface area contributed by atoms with Gasteiger partial charge in [0.1, 0.15) is 0 Å². The minimum atomic E-state index is -3.32. The second kappa shape index (κ2) is 10.8. The zero-order valence-corrected chi connectivity index (χ0v) is 18.6. The number of sulfonamides is 1. The van der Waals surface area contributed by atoms with Crippen LogP contribution in [-0.4, -0.2) is 14.7 Å². The van der Waals surface area contributed by atoms with E-state index in [0.717, 1.165) is 36.7 Å². The molecule has 3 nitrogen and oxygen atoms in total. The van der Waals surface area contributed by atoms with Crippen LogP contribution in [-0.2, 0) is 16.4 Å². The van der Waals surface area contributed by atoms with Gasteiger partial charge < -0.3 is 0 Å². The fourth-order valence-corrected chi connectivity index (χ4v) is 3.88. The summed E-state index contributed by atoms with van der Waals surface area (Å²) in [6, 6.07) is 16.0. The average molecular weight is 410 g/mol. The maximum absolute atomic E-state index is 11.6. The predicted octanol–water partition coefficient (Wildman–Crippen LogP) is 6.46. The molecule has 0 aliphatic heterocycles. The summed E-state index contributed by atoms with van der Waals surface area (Å²) in [6.07, 6.45) is 12.7. The molecule has 0 fully saturated rings. The summed E-state index contributed by atoms with van der Waals surface area (Å²) in [6.45, 7) is 6.35. The van der Waals surface area contributed by atoms with Crippen molar-refractivity contribution in [2.24, 2.45) is 0 Å². The number of allylic oxidation sites excluding steroid dienone is 5. The lowest BCUT2D eigenvalue weighted by molar-refractivity contribution is 0.607. The van der Waals surface area contributed by atoms with Gasteiger partial charge in [0, 0.05) is 5.69 Å². The summed E-state index contributed by atoms with van der Waals surface area (Å²) < 4.78 is 25.8. The van der Waals surface area contributed by atoms with Gasteiger partial charge in [0.15, 0.2) is 0 Å². The predicted molar refractivity (Wildman–Crippen MR) is 126 cm³/mol. The molecule has 0 heterocycles. The van der Waals surface area contributed by atoms with Gasteiger partial charge in [-0.3, -0.25) is 4.72 Å². The van der Waals surface area contributed by atoms with Crippen molar-refractivity contribution in [1.29, 1.82) is 0 Å². The maximum Gasteiger partial charge on any atom is 0.229 e. The third-order valence-corrected chi connectivity index (χ3v) is 5.02. The molecule has 0 radical (unpaired) electrons. The fourth-order valence-electron chi connectivity index (χ4n) is 3.33. The smallest absolute Gasteiger partial charge is 0.229 e. The van der Waals surface area contributed by atoms with E-state index in [0.29, 0.717) is 5.69 Å². The zero-order chi connectivity index (χ0) is 21.3. The number of rotatable bonds is 9. The summed E-state index contributed by atoms with van der Waals surface area (Å²) in [5, 5.41) is 0. The summed E-state index contributed by atoms with van der Waals surface area (Å²) in [5.74, 6) is 0. The molecule has 2 rings (SSSR count). The summed E-state index contributed by atoms with van der Waals surface area (Å²) in [5.41, 5.74) is 6.36. The van der Waals surface area contributed by atoms with Crippen LogP contribution in [0.4, 0.5) is 5.69 Å². The molecule has 0 aliphatic rings. The van der Waals surface area contributed by atoms with E-state index in [1.54, 1.807) is 6.07 Å². The Kier molecular flexibility index (Phi) is 8.47. The quantitative estimate of drug-likeness (QED) is 0.381. The van der Waals surface area contributed by atoms with E-state index in [4.69, 9.17) is 0 Å². The molecule has 4 heteroatoms. The van der Waals surface area contributed by atoms with Crippen LogP contribution in [0.25, 0.3) is 11.6 Å². The van der Waals surface area contributed by atoms with Crippen LogP contribution in [0.1, 0.15) is 50.3 Å². The lowest BCUT2D eigenvalue weighted by Gasteiger charge is -2.15. The van der Waals surface area contributed by atoms with Crippen molar-refractivity contribution in [2.75, 3.05) is 11.0 Å². The van der Waals surface area contributed by atoms with Crippen molar-refractivity contribution < 1.29 is 8.42 Å². The molecule has 154 valence electrons. The van der Waals surface area contributed by atoms with Crippen LogP contribution in [0.3, 0.4) is 0 Å². The highest BCUT2D eigenvalue weighted by Gasteiger charge is 2.11. The van der Waals surface area contributed by atoms with Gasteiger partial charge in [0.05, 0.1) is 6.26 Å². The molecule has 0 unspecified atom stereocenters. The molecule has 0 saturated heterocycles. The minimum absolute atomic E-state index is 0.564. The first-order valence-corrected chi connectivity index (χ1v) is 12.0. The molecule has 1 N–H and O–H groups in total. The van der Waals surface area contributed by atoms with Gasteiger partial charge in [-0.2, -0.15) is 0 Å². The highest BCUT2D eigenvalue weighted by molar-refractivity contribution is 7.92. The third-order valence-electron chi connectivity index (χ3n) is 4.41. The van der Waals surface area contributed by atoms with Gasteiger partial charge in [0.2, 0.25) is 10.0 Å².